The summed E-state index contributed by atoms with van der Waals surface area (Å²) in [5.41, 5.74) is -0.610. The van der Waals surface area contributed by atoms with Gasteiger partial charge in [0.2, 0.25) is 10.0 Å². The molecule has 0 unspecified atom stereocenters. The van der Waals surface area contributed by atoms with Crippen LogP contribution in [0.25, 0.3) is 0 Å². The molecular formula is C19H28N2O8S. The molecule has 0 aromatic carbocycles. The van der Waals surface area contributed by atoms with Gasteiger partial charge in [0.1, 0.15) is 13.2 Å². The van der Waals surface area contributed by atoms with Crippen molar-refractivity contribution in [3.05, 3.63) is 37.0 Å². The van der Waals surface area contributed by atoms with Crippen molar-refractivity contribution in [1.29, 1.82) is 0 Å². The van der Waals surface area contributed by atoms with Crippen molar-refractivity contribution < 1.29 is 37.0 Å². The highest BCUT2D eigenvalue weighted by Gasteiger charge is 2.53. The molecule has 0 N–H and O–H groups in total. The number of ether oxygens (including phenoxy) is 3. The molecule has 0 spiro atoms. The van der Waals surface area contributed by atoms with E-state index >= 15 is 0 Å². The van der Waals surface area contributed by atoms with Crippen LogP contribution in [0.5, 0.6) is 0 Å². The van der Waals surface area contributed by atoms with Crippen LogP contribution in [0.15, 0.2) is 37.0 Å². The number of nitrogens with zero attached hydrogens (tertiary/aromatic N) is 2. The minimum Gasteiger partial charge on any atom is -0.469 e. The van der Waals surface area contributed by atoms with Gasteiger partial charge in [-0.3, -0.25) is 4.79 Å². The van der Waals surface area contributed by atoms with Gasteiger partial charge in [0.15, 0.2) is 0 Å². The fourth-order valence-electron chi connectivity index (χ4n) is 3.00. The van der Waals surface area contributed by atoms with Crippen molar-refractivity contribution in [2.45, 2.75) is 32.7 Å². The number of esters is 1. The first-order valence-corrected chi connectivity index (χ1v) is 10.9. The van der Waals surface area contributed by atoms with Gasteiger partial charge in [0, 0.05) is 0 Å². The van der Waals surface area contributed by atoms with Gasteiger partial charge in [-0.1, -0.05) is 41.4 Å². The Labute approximate surface area is 176 Å². The lowest BCUT2D eigenvalue weighted by atomic mass is 9.73. The summed E-state index contributed by atoms with van der Waals surface area (Å²) in [5.74, 6) is -0.691. The van der Waals surface area contributed by atoms with Crippen LogP contribution in [0, 0.1) is 5.41 Å². The number of carbonyl (C=O) groups is 3. The molecule has 11 heteroatoms. The Kier molecular flexibility index (Phi) is 8.79. The lowest BCUT2D eigenvalue weighted by Crippen LogP contribution is -2.62. The molecule has 0 saturated heterocycles. The van der Waals surface area contributed by atoms with Crippen molar-refractivity contribution in [3.8, 4) is 0 Å². The topological polar surface area (TPSA) is 120 Å². The van der Waals surface area contributed by atoms with E-state index in [1.807, 2.05) is 0 Å². The molecule has 2 amide bonds. The van der Waals surface area contributed by atoms with Crippen molar-refractivity contribution in [1.82, 2.24) is 9.42 Å². The van der Waals surface area contributed by atoms with Gasteiger partial charge < -0.3 is 14.2 Å². The summed E-state index contributed by atoms with van der Waals surface area (Å²) in [4.78, 5) is 37.9. The van der Waals surface area contributed by atoms with E-state index in [9.17, 15) is 22.8 Å². The fourth-order valence-corrected chi connectivity index (χ4v) is 4.14. The predicted molar refractivity (Wildman–Crippen MR) is 109 cm³/mol. The van der Waals surface area contributed by atoms with Gasteiger partial charge in [-0.05, 0) is 26.7 Å². The zero-order valence-corrected chi connectivity index (χ0v) is 18.4. The van der Waals surface area contributed by atoms with Crippen LogP contribution in [0.2, 0.25) is 0 Å². The zero-order chi connectivity index (χ0) is 23.1. The Hall–Kier alpha value is -2.66. The second-order valence-corrected chi connectivity index (χ2v) is 8.79. The van der Waals surface area contributed by atoms with E-state index in [1.54, 1.807) is 6.92 Å². The number of hydrazine groups is 1. The van der Waals surface area contributed by atoms with Crippen molar-refractivity contribution >= 4 is 28.2 Å². The lowest BCUT2D eigenvalue weighted by molar-refractivity contribution is -0.156. The quantitative estimate of drug-likeness (QED) is 0.242. The van der Waals surface area contributed by atoms with E-state index in [2.05, 4.69) is 13.2 Å². The number of hydrogen-bond donors (Lipinski definition) is 0. The van der Waals surface area contributed by atoms with E-state index in [4.69, 9.17) is 14.2 Å². The molecular weight excluding hydrogens is 416 g/mol. The molecule has 0 aromatic rings. The molecule has 0 saturated carbocycles. The number of imide groups is 1. The Bertz CT molecular complexity index is 811. The first-order valence-electron chi connectivity index (χ1n) is 9.04. The second-order valence-electron chi connectivity index (χ2n) is 6.95. The van der Waals surface area contributed by atoms with Gasteiger partial charge in [-0.15, -0.1) is 5.01 Å². The van der Waals surface area contributed by atoms with Crippen LogP contribution in [0.3, 0.4) is 0 Å². The number of amides is 2. The van der Waals surface area contributed by atoms with Crippen LogP contribution in [0.4, 0.5) is 9.59 Å². The third-order valence-corrected chi connectivity index (χ3v) is 5.63. The average molecular weight is 445 g/mol. The number of allylic oxidation sites excluding steroid dienone is 1. The highest BCUT2D eigenvalue weighted by atomic mass is 32.2. The smallest absolute Gasteiger partial charge is 0.435 e. The summed E-state index contributed by atoms with van der Waals surface area (Å²) in [5, 5.41) is 0.225. The maximum absolute atomic E-state index is 12.8. The first kappa shape index (κ1) is 25.4. The monoisotopic (exact) mass is 444 g/mol. The Morgan fingerprint density at radius 1 is 1.20 bits per heavy atom. The minimum absolute atomic E-state index is 0.225. The molecule has 30 heavy (non-hydrogen) atoms. The van der Waals surface area contributed by atoms with E-state index in [-0.39, 0.29) is 24.6 Å². The van der Waals surface area contributed by atoms with Crippen molar-refractivity contribution in [2.24, 2.45) is 5.41 Å². The predicted octanol–water partition coefficient (Wildman–Crippen LogP) is 2.40. The Morgan fingerprint density at radius 3 is 2.10 bits per heavy atom. The normalized spacial score (nSPS) is 21.2. The standard InChI is InChI=1S/C19H28N2O8S/c1-7-11-28-17(23)20(18(24)29-12-8-2)21(30(6,25)26)15-13-14(3)9-10-19(15,4)16(22)27-5/h7-8,13,15H,1-2,9-12H2,3-6H3/t15-,19+/m0/s1. The van der Waals surface area contributed by atoms with E-state index in [0.717, 1.165) is 11.8 Å². The minimum atomic E-state index is -4.29. The van der Waals surface area contributed by atoms with Gasteiger partial charge in [-0.2, -0.15) is 0 Å². The average Bonchev–Trinajstić information content (AvgIpc) is 2.68. The molecule has 0 aliphatic heterocycles. The summed E-state index contributed by atoms with van der Waals surface area (Å²) < 4.78 is 40.8. The summed E-state index contributed by atoms with van der Waals surface area (Å²) in [6.07, 6.45) is 2.93. The molecule has 10 nitrogen and oxygen atoms in total. The van der Waals surface area contributed by atoms with Crippen molar-refractivity contribution in [3.63, 3.8) is 0 Å². The zero-order valence-electron chi connectivity index (χ0n) is 17.6. The fraction of sp³-hybridized carbons (Fsp3) is 0.526. The van der Waals surface area contributed by atoms with Crippen LogP contribution in [0.1, 0.15) is 26.7 Å². The number of methoxy groups -OCH3 is 1. The van der Waals surface area contributed by atoms with Crippen LogP contribution in [-0.2, 0) is 29.0 Å². The molecule has 0 bridgehead atoms. The molecule has 168 valence electrons. The van der Waals surface area contributed by atoms with Crippen LogP contribution < -0.4 is 0 Å². The maximum atomic E-state index is 12.8. The third-order valence-electron chi connectivity index (χ3n) is 4.56. The Balaban J connectivity index is 3.67. The number of rotatable bonds is 8. The highest BCUT2D eigenvalue weighted by molar-refractivity contribution is 7.88. The molecule has 0 heterocycles. The van der Waals surface area contributed by atoms with E-state index < -0.39 is 39.6 Å². The third kappa shape index (κ3) is 5.70. The number of carbonyl (C=O) groups excluding carboxylic acids is 3. The first-order chi connectivity index (χ1) is 13.9. The molecule has 1 aliphatic rings. The van der Waals surface area contributed by atoms with Crippen LogP contribution in [-0.4, -0.2) is 68.6 Å². The highest BCUT2D eigenvalue weighted by Crippen LogP contribution is 2.41. The summed E-state index contributed by atoms with van der Waals surface area (Å²) in [6.45, 7) is 9.51. The molecule has 1 aliphatic carbocycles. The molecule has 0 aromatic heterocycles. The molecule has 0 radical (unpaired) electrons. The van der Waals surface area contributed by atoms with Crippen LogP contribution >= 0.6 is 0 Å². The molecule has 1 rings (SSSR count). The largest absolute Gasteiger partial charge is 0.469 e. The number of hydrogen-bond acceptors (Lipinski definition) is 8. The van der Waals surface area contributed by atoms with E-state index in [1.165, 1.54) is 32.3 Å². The van der Waals surface area contributed by atoms with E-state index in [0.29, 0.717) is 10.8 Å². The summed E-state index contributed by atoms with van der Waals surface area (Å²) >= 11 is 0. The van der Waals surface area contributed by atoms with Gasteiger partial charge >= 0.3 is 18.2 Å². The lowest BCUT2D eigenvalue weighted by Gasteiger charge is -2.44. The summed E-state index contributed by atoms with van der Waals surface area (Å²) in [6, 6.07) is -1.25. The van der Waals surface area contributed by atoms with Gasteiger partial charge in [-0.25, -0.2) is 18.0 Å². The van der Waals surface area contributed by atoms with Gasteiger partial charge in [0.05, 0.1) is 24.8 Å². The molecule has 2 atom stereocenters. The van der Waals surface area contributed by atoms with Crippen molar-refractivity contribution in [2.75, 3.05) is 26.6 Å². The second kappa shape index (κ2) is 10.4. The molecule has 0 fully saturated rings. The SMILES string of the molecule is C=CCOC(=O)N(C(=O)OCC=C)N([C@H]1C=C(C)CC[C@@]1(C)C(=O)OC)S(C)(=O)=O. The Morgan fingerprint density at radius 2 is 1.70 bits per heavy atom. The van der Waals surface area contributed by atoms with Gasteiger partial charge in [0.25, 0.3) is 0 Å². The number of sulfonamides is 1. The maximum Gasteiger partial charge on any atom is 0.435 e. The summed E-state index contributed by atoms with van der Waals surface area (Å²) in [7, 11) is -3.11.